The summed E-state index contributed by atoms with van der Waals surface area (Å²) in [5.41, 5.74) is -0.846. The number of hydrogen-bond acceptors (Lipinski definition) is 2. The Labute approximate surface area is 111 Å². The predicted molar refractivity (Wildman–Crippen MR) is 67.7 cm³/mol. The quantitative estimate of drug-likeness (QED) is 0.884. The molecular weight excluding hydrogens is 253 g/mol. The molecule has 1 saturated heterocycles. The van der Waals surface area contributed by atoms with E-state index in [4.69, 9.17) is 0 Å². The number of alkyl halides is 3. The van der Waals surface area contributed by atoms with Crippen molar-refractivity contribution in [1.29, 1.82) is 0 Å². The Hall–Kier alpha value is -1.10. The monoisotopic (exact) mass is 272 g/mol. The lowest BCUT2D eigenvalue weighted by atomic mass is 9.81. The van der Waals surface area contributed by atoms with Crippen molar-refractivity contribution in [3.05, 3.63) is 29.6 Å². The summed E-state index contributed by atoms with van der Waals surface area (Å²) in [6, 6.07) is 1.08. The van der Waals surface area contributed by atoms with E-state index in [0.717, 1.165) is 38.3 Å². The Morgan fingerprint density at radius 3 is 2.79 bits per heavy atom. The van der Waals surface area contributed by atoms with Crippen LogP contribution in [0.25, 0.3) is 0 Å². The van der Waals surface area contributed by atoms with E-state index < -0.39 is 17.3 Å². The second kappa shape index (κ2) is 5.49. The Bertz CT molecular complexity index is 421. The third-order valence-electron chi connectivity index (χ3n) is 3.99. The van der Waals surface area contributed by atoms with E-state index >= 15 is 0 Å². The van der Waals surface area contributed by atoms with Crippen LogP contribution in [0.15, 0.2) is 18.5 Å². The van der Waals surface area contributed by atoms with Crippen molar-refractivity contribution in [1.82, 2.24) is 10.3 Å². The molecule has 0 aliphatic carbocycles. The molecule has 0 aromatic carbocycles. The van der Waals surface area contributed by atoms with Crippen LogP contribution >= 0.6 is 0 Å². The van der Waals surface area contributed by atoms with Gasteiger partial charge < -0.3 is 5.32 Å². The highest BCUT2D eigenvalue weighted by Gasteiger charge is 2.41. The number of pyridine rings is 1. The van der Waals surface area contributed by atoms with Crippen molar-refractivity contribution >= 4 is 0 Å². The van der Waals surface area contributed by atoms with Crippen molar-refractivity contribution in [2.45, 2.75) is 50.7 Å². The van der Waals surface area contributed by atoms with E-state index in [2.05, 4.69) is 10.3 Å². The molecular formula is C14H19F3N2. The molecule has 1 N–H and O–H groups in total. The summed E-state index contributed by atoms with van der Waals surface area (Å²) in [6.07, 6.45) is 2.68. The molecule has 0 spiro atoms. The van der Waals surface area contributed by atoms with Gasteiger partial charge in [-0.15, -0.1) is 0 Å². The largest absolute Gasteiger partial charge is 0.416 e. The molecule has 0 amide bonds. The van der Waals surface area contributed by atoms with Gasteiger partial charge in [-0.05, 0) is 31.9 Å². The van der Waals surface area contributed by atoms with Crippen LogP contribution < -0.4 is 5.32 Å². The molecule has 19 heavy (non-hydrogen) atoms. The first-order valence-corrected chi connectivity index (χ1v) is 6.76. The van der Waals surface area contributed by atoms with Gasteiger partial charge >= 0.3 is 6.18 Å². The predicted octanol–water partition coefficient (Wildman–Crippen LogP) is 3.87. The van der Waals surface area contributed by atoms with E-state index in [1.807, 2.05) is 6.92 Å². The number of nitrogens with one attached hydrogen (secondary N) is 1. The van der Waals surface area contributed by atoms with Crippen molar-refractivity contribution in [3.63, 3.8) is 0 Å². The third-order valence-corrected chi connectivity index (χ3v) is 3.99. The first-order valence-electron chi connectivity index (χ1n) is 6.76. The summed E-state index contributed by atoms with van der Waals surface area (Å²) >= 11 is 0. The Balaban J connectivity index is 2.48. The maximum Gasteiger partial charge on any atom is 0.416 e. The van der Waals surface area contributed by atoms with Crippen LogP contribution in [0.3, 0.4) is 0 Å². The maximum atomic E-state index is 13.2. The van der Waals surface area contributed by atoms with Gasteiger partial charge in [-0.2, -0.15) is 13.2 Å². The highest BCUT2D eigenvalue weighted by Crippen LogP contribution is 2.40. The van der Waals surface area contributed by atoms with Gasteiger partial charge in [-0.1, -0.05) is 19.8 Å². The van der Waals surface area contributed by atoms with Crippen LogP contribution in [0.4, 0.5) is 13.2 Å². The number of halogens is 3. The van der Waals surface area contributed by atoms with Crippen molar-refractivity contribution < 1.29 is 13.2 Å². The third kappa shape index (κ3) is 2.91. The van der Waals surface area contributed by atoms with Crippen LogP contribution in [-0.2, 0) is 11.7 Å². The van der Waals surface area contributed by atoms with Crippen LogP contribution in [0.2, 0.25) is 0 Å². The Morgan fingerprint density at radius 2 is 2.11 bits per heavy atom. The minimum Gasteiger partial charge on any atom is -0.307 e. The van der Waals surface area contributed by atoms with Gasteiger partial charge in [-0.3, -0.25) is 4.98 Å². The summed E-state index contributed by atoms with van der Waals surface area (Å²) in [4.78, 5) is 3.92. The minimum absolute atomic E-state index is 0.298. The van der Waals surface area contributed by atoms with Gasteiger partial charge in [0, 0.05) is 23.5 Å². The number of nitrogens with zero attached hydrogens (tertiary/aromatic N) is 1. The lowest BCUT2D eigenvalue weighted by Gasteiger charge is -2.35. The molecule has 0 saturated carbocycles. The molecule has 1 unspecified atom stereocenters. The molecule has 2 nitrogen and oxygen atoms in total. The van der Waals surface area contributed by atoms with Gasteiger partial charge in [0.25, 0.3) is 0 Å². The summed E-state index contributed by atoms with van der Waals surface area (Å²) in [7, 11) is 0. The van der Waals surface area contributed by atoms with Crippen LogP contribution in [0.5, 0.6) is 0 Å². The standard InChI is InChI=1S/C14H19F3N2/c1-2-13(7-4-3-5-8-19-13)12-10-18-9-6-11(12)14(15,16)17/h6,9-10,19H,2-5,7-8H2,1H3. The molecule has 1 fully saturated rings. The van der Waals surface area contributed by atoms with Gasteiger partial charge in [0.1, 0.15) is 0 Å². The molecule has 1 atom stereocenters. The highest BCUT2D eigenvalue weighted by atomic mass is 19.4. The number of rotatable bonds is 2. The average molecular weight is 272 g/mol. The normalized spacial score (nSPS) is 25.1. The molecule has 5 heteroatoms. The molecule has 1 aromatic heterocycles. The zero-order valence-electron chi connectivity index (χ0n) is 11.1. The lowest BCUT2D eigenvalue weighted by molar-refractivity contribution is -0.139. The van der Waals surface area contributed by atoms with E-state index in [9.17, 15) is 13.2 Å². The van der Waals surface area contributed by atoms with Gasteiger partial charge in [-0.25, -0.2) is 0 Å². The lowest BCUT2D eigenvalue weighted by Crippen LogP contribution is -2.42. The van der Waals surface area contributed by atoms with Gasteiger partial charge in [0.05, 0.1) is 5.56 Å². The maximum absolute atomic E-state index is 13.2. The Morgan fingerprint density at radius 1 is 1.32 bits per heavy atom. The van der Waals surface area contributed by atoms with Crippen LogP contribution in [0.1, 0.15) is 50.2 Å². The van der Waals surface area contributed by atoms with E-state index in [-0.39, 0.29) is 0 Å². The Kier molecular flexibility index (Phi) is 4.13. The van der Waals surface area contributed by atoms with Crippen molar-refractivity contribution in [3.8, 4) is 0 Å². The van der Waals surface area contributed by atoms with Crippen LogP contribution in [0, 0.1) is 0 Å². The SMILES string of the molecule is CCC1(c2cnccc2C(F)(F)F)CCCCCN1. The van der Waals surface area contributed by atoms with Crippen molar-refractivity contribution in [2.24, 2.45) is 0 Å². The molecule has 0 radical (unpaired) electrons. The molecule has 1 aliphatic heterocycles. The van der Waals surface area contributed by atoms with Gasteiger partial charge in [0.15, 0.2) is 0 Å². The number of hydrogen-bond donors (Lipinski definition) is 1. The second-order valence-corrected chi connectivity index (χ2v) is 5.09. The molecule has 106 valence electrons. The highest BCUT2D eigenvalue weighted by molar-refractivity contribution is 5.33. The fraction of sp³-hybridized carbons (Fsp3) is 0.643. The molecule has 2 rings (SSSR count). The molecule has 1 aliphatic rings. The average Bonchev–Trinajstić information content (AvgIpc) is 2.64. The van der Waals surface area contributed by atoms with Crippen molar-refractivity contribution in [2.75, 3.05) is 6.54 Å². The molecule has 2 heterocycles. The number of aromatic nitrogens is 1. The first kappa shape index (κ1) is 14.3. The fourth-order valence-electron chi connectivity index (χ4n) is 2.89. The fourth-order valence-corrected chi connectivity index (χ4v) is 2.89. The van der Waals surface area contributed by atoms with Crippen LogP contribution in [-0.4, -0.2) is 11.5 Å². The van der Waals surface area contributed by atoms with E-state index in [1.54, 1.807) is 0 Å². The minimum atomic E-state index is -4.32. The summed E-state index contributed by atoms with van der Waals surface area (Å²) < 4.78 is 39.5. The molecule has 1 aromatic rings. The zero-order chi connectivity index (χ0) is 13.9. The summed E-state index contributed by atoms with van der Waals surface area (Å²) in [5.74, 6) is 0. The topological polar surface area (TPSA) is 24.9 Å². The zero-order valence-corrected chi connectivity index (χ0v) is 11.1. The van der Waals surface area contributed by atoms with E-state index in [1.165, 1.54) is 12.4 Å². The summed E-state index contributed by atoms with van der Waals surface area (Å²) in [5, 5.41) is 3.33. The smallest absolute Gasteiger partial charge is 0.307 e. The first-order chi connectivity index (χ1) is 8.99. The second-order valence-electron chi connectivity index (χ2n) is 5.09. The van der Waals surface area contributed by atoms with E-state index in [0.29, 0.717) is 12.0 Å². The summed E-state index contributed by atoms with van der Waals surface area (Å²) in [6.45, 7) is 2.70. The van der Waals surface area contributed by atoms with Gasteiger partial charge in [0.2, 0.25) is 0 Å². The molecule has 0 bridgehead atoms.